The molecule has 19 heavy (non-hydrogen) atoms. The Kier molecular flexibility index (Phi) is 7.36. The van der Waals surface area contributed by atoms with E-state index in [9.17, 15) is 12.8 Å². The summed E-state index contributed by atoms with van der Waals surface area (Å²) in [5, 5.41) is 0.110. The fourth-order valence-corrected chi connectivity index (χ4v) is 2.11. The minimum absolute atomic E-state index is 0. The molecule has 0 aliphatic rings. The van der Waals surface area contributed by atoms with Crippen molar-refractivity contribution in [1.82, 2.24) is 0 Å². The number of rotatable bonds is 5. The van der Waals surface area contributed by atoms with Gasteiger partial charge >= 0.3 is 0 Å². The second-order valence-electron chi connectivity index (χ2n) is 3.54. The van der Waals surface area contributed by atoms with E-state index in [1.807, 2.05) is 0 Å². The van der Waals surface area contributed by atoms with Crippen LogP contribution in [-0.2, 0) is 9.84 Å². The monoisotopic (exact) mass is 329 g/mol. The van der Waals surface area contributed by atoms with E-state index in [-0.39, 0.29) is 41.2 Å². The highest BCUT2D eigenvalue weighted by atomic mass is 35.5. The predicted molar refractivity (Wildman–Crippen MR) is 75.6 cm³/mol. The van der Waals surface area contributed by atoms with Gasteiger partial charge in [-0.15, -0.1) is 12.4 Å². The molecule has 1 rings (SSSR count). The van der Waals surface area contributed by atoms with Gasteiger partial charge in [-0.05, 0) is 24.3 Å². The van der Waals surface area contributed by atoms with E-state index >= 15 is 0 Å². The second-order valence-corrected chi connectivity index (χ2v) is 5.96. The molecule has 108 valence electrons. The van der Waals surface area contributed by atoms with Gasteiger partial charge in [-0.2, -0.15) is 0 Å². The average Bonchev–Trinajstić information content (AvgIpc) is 2.26. The zero-order chi connectivity index (χ0) is 13.8. The van der Waals surface area contributed by atoms with Crippen LogP contribution in [0.25, 0.3) is 0 Å². The lowest BCUT2D eigenvalue weighted by Gasteiger charge is -2.08. The van der Waals surface area contributed by atoms with Gasteiger partial charge in [0, 0.05) is 12.8 Å². The molecule has 0 heterocycles. The number of hydrogen-bond acceptors (Lipinski definition) is 4. The van der Waals surface area contributed by atoms with Crippen molar-refractivity contribution in [3.63, 3.8) is 0 Å². The molecule has 0 amide bonds. The van der Waals surface area contributed by atoms with Crippen molar-refractivity contribution >= 4 is 33.8 Å². The van der Waals surface area contributed by atoms with Crippen molar-refractivity contribution in [3.05, 3.63) is 35.1 Å². The number of hydrogen-bond donors (Lipinski definition) is 1. The maximum atomic E-state index is 13.0. The van der Waals surface area contributed by atoms with Gasteiger partial charge in [0.25, 0.3) is 0 Å². The summed E-state index contributed by atoms with van der Waals surface area (Å²) in [6.45, 7) is -0.217. The van der Waals surface area contributed by atoms with Crippen LogP contribution in [0, 0.1) is 0 Å². The molecule has 0 saturated heterocycles. The zero-order valence-electron chi connectivity index (χ0n) is 10.1. The number of ether oxygens (including phenoxy) is 1. The molecule has 0 unspecified atom stereocenters. The molecule has 0 radical (unpaired) electrons. The van der Waals surface area contributed by atoms with Crippen LogP contribution < -0.4 is 10.5 Å². The van der Waals surface area contributed by atoms with E-state index in [1.165, 1.54) is 24.3 Å². The van der Waals surface area contributed by atoms with Crippen LogP contribution in [0.1, 0.15) is 0 Å². The summed E-state index contributed by atoms with van der Waals surface area (Å²) in [7, 11) is -3.32. The molecule has 2 N–H and O–H groups in total. The molecule has 1 aromatic carbocycles. The van der Waals surface area contributed by atoms with Gasteiger partial charge in [0.1, 0.15) is 18.2 Å². The van der Waals surface area contributed by atoms with Gasteiger partial charge < -0.3 is 10.5 Å². The summed E-state index contributed by atoms with van der Waals surface area (Å²) in [5.41, 5.74) is 5.13. The van der Waals surface area contributed by atoms with E-state index in [2.05, 4.69) is 0 Å². The largest absolute Gasteiger partial charge is 0.485 e. The maximum Gasteiger partial charge on any atom is 0.175 e. The highest BCUT2D eigenvalue weighted by molar-refractivity contribution is 7.90. The van der Waals surface area contributed by atoms with Crippen LogP contribution in [0.2, 0.25) is 5.02 Å². The summed E-state index contributed by atoms with van der Waals surface area (Å²) in [4.78, 5) is 0.0813. The van der Waals surface area contributed by atoms with Crippen LogP contribution in [-0.4, -0.2) is 27.8 Å². The molecule has 0 aliphatic carbocycles. The Morgan fingerprint density at radius 2 is 2.16 bits per heavy atom. The summed E-state index contributed by atoms with van der Waals surface area (Å²) in [6.07, 6.45) is 2.25. The van der Waals surface area contributed by atoms with E-state index < -0.39 is 15.7 Å². The fourth-order valence-electron chi connectivity index (χ4n) is 1.16. The lowest BCUT2D eigenvalue weighted by Crippen LogP contribution is -2.03. The highest BCUT2D eigenvalue weighted by Crippen LogP contribution is 2.27. The quantitative estimate of drug-likeness (QED) is 0.900. The lowest BCUT2D eigenvalue weighted by atomic mass is 10.3. The van der Waals surface area contributed by atoms with Crippen LogP contribution in [0.4, 0.5) is 4.39 Å². The standard InChI is InChI=1S/C11H13ClFNO3S.ClH/c1-18(15,16)9-2-3-11(10(12)6-9)17-7-8(13)4-5-14;/h2-4,6H,5,7,14H2,1H3;1H/b8-4-;. The second kappa shape index (κ2) is 7.69. The fraction of sp³-hybridized carbons (Fsp3) is 0.273. The van der Waals surface area contributed by atoms with Crippen molar-refractivity contribution in [1.29, 1.82) is 0 Å². The zero-order valence-corrected chi connectivity index (χ0v) is 12.5. The van der Waals surface area contributed by atoms with Gasteiger partial charge in [0.15, 0.2) is 9.84 Å². The summed E-state index contributed by atoms with van der Waals surface area (Å²) in [5.74, 6) is -0.301. The van der Waals surface area contributed by atoms with Crippen molar-refractivity contribution in [3.8, 4) is 5.75 Å². The summed E-state index contributed by atoms with van der Waals surface area (Å²) in [6, 6.07) is 3.99. The van der Waals surface area contributed by atoms with Crippen LogP contribution in [0.5, 0.6) is 5.75 Å². The third-order valence-electron chi connectivity index (χ3n) is 2.04. The van der Waals surface area contributed by atoms with Crippen molar-refractivity contribution in [2.75, 3.05) is 19.4 Å². The first kappa shape index (κ1) is 18.2. The molecule has 0 aromatic heterocycles. The van der Waals surface area contributed by atoms with Gasteiger partial charge in [0.2, 0.25) is 0 Å². The number of nitrogens with two attached hydrogens (primary N) is 1. The lowest BCUT2D eigenvalue weighted by molar-refractivity contribution is 0.318. The molecular weight excluding hydrogens is 316 g/mol. The molecule has 8 heteroatoms. The Bertz CT molecular complexity index is 561. The van der Waals surface area contributed by atoms with E-state index in [0.717, 1.165) is 6.26 Å². The number of benzene rings is 1. The first-order valence-corrected chi connectivity index (χ1v) is 7.28. The third-order valence-corrected chi connectivity index (χ3v) is 3.44. The van der Waals surface area contributed by atoms with Gasteiger partial charge in [-0.25, -0.2) is 12.8 Å². The smallest absolute Gasteiger partial charge is 0.175 e. The number of halogens is 3. The summed E-state index contributed by atoms with van der Waals surface area (Å²) < 4.78 is 40.6. The van der Waals surface area contributed by atoms with E-state index in [0.29, 0.717) is 0 Å². The summed E-state index contributed by atoms with van der Waals surface area (Å²) >= 11 is 5.84. The molecule has 0 spiro atoms. The molecule has 0 fully saturated rings. The first-order chi connectivity index (χ1) is 8.34. The third kappa shape index (κ3) is 5.78. The molecule has 0 aliphatic heterocycles. The Hall–Kier alpha value is -0.820. The van der Waals surface area contributed by atoms with Crippen LogP contribution >= 0.6 is 24.0 Å². The Morgan fingerprint density at radius 1 is 1.53 bits per heavy atom. The topological polar surface area (TPSA) is 69.4 Å². The van der Waals surface area contributed by atoms with Crippen molar-refractivity contribution < 1.29 is 17.5 Å². The normalized spacial score (nSPS) is 11.9. The van der Waals surface area contributed by atoms with E-state index in [4.69, 9.17) is 22.1 Å². The van der Waals surface area contributed by atoms with Gasteiger partial charge in [-0.1, -0.05) is 11.6 Å². The van der Waals surface area contributed by atoms with Gasteiger partial charge in [-0.3, -0.25) is 0 Å². The van der Waals surface area contributed by atoms with Crippen molar-refractivity contribution in [2.45, 2.75) is 4.90 Å². The Balaban J connectivity index is 0.00000324. The first-order valence-electron chi connectivity index (χ1n) is 5.01. The molecule has 1 aromatic rings. The highest BCUT2D eigenvalue weighted by Gasteiger charge is 2.11. The minimum atomic E-state index is -3.32. The molecule has 0 saturated carbocycles. The minimum Gasteiger partial charge on any atom is -0.485 e. The molecule has 4 nitrogen and oxygen atoms in total. The van der Waals surface area contributed by atoms with Crippen molar-refractivity contribution in [2.24, 2.45) is 5.73 Å². The maximum absolute atomic E-state index is 13.0. The van der Waals surface area contributed by atoms with E-state index in [1.54, 1.807) is 0 Å². The molecule has 0 bridgehead atoms. The Morgan fingerprint density at radius 3 is 2.63 bits per heavy atom. The predicted octanol–water partition coefficient (Wildman–Crippen LogP) is 2.36. The average molecular weight is 330 g/mol. The Labute approximate surface area is 122 Å². The molecular formula is C11H14Cl2FNO3S. The van der Waals surface area contributed by atoms with Crippen LogP contribution in [0.15, 0.2) is 35.0 Å². The number of sulfone groups is 1. The van der Waals surface area contributed by atoms with Gasteiger partial charge in [0.05, 0.1) is 9.92 Å². The molecule has 0 atom stereocenters. The van der Waals surface area contributed by atoms with Crippen LogP contribution in [0.3, 0.4) is 0 Å². The SMILES string of the molecule is CS(=O)(=O)c1ccc(OC/C(F)=C/CN)c(Cl)c1.Cl.